The summed E-state index contributed by atoms with van der Waals surface area (Å²) in [6.45, 7) is 6.08. The van der Waals surface area contributed by atoms with Gasteiger partial charge in [0.2, 0.25) is 0 Å². The monoisotopic (exact) mass is 354 g/mol. The van der Waals surface area contributed by atoms with Crippen LogP contribution in [-0.2, 0) is 6.54 Å². The first-order valence-electron chi connectivity index (χ1n) is 9.53. The number of aromatic nitrogens is 3. The highest BCUT2D eigenvalue weighted by Gasteiger charge is 2.30. The molecule has 3 heterocycles. The van der Waals surface area contributed by atoms with Crippen molar-refractivity contribution < 1.29 is 4.79 Å². The zero-order valence-electron chi connectivity index (χ0n) is 15.5. The molecule has 0 spiro atoms. The van der Waals surface area contributed by atoms with Crippen LogP contribution in [0.1, 0.15) is 59.0 Å². The molecule has 1 amide bonds. The molecule has 1 N–H and O–H groups in total. The van der Waals surface area contributed by atoms with Crippen LogP contribution >= 0.6 is 0 Å². The molecule has 2 aromatic heterocycles. The van der Waals surface area contributed by atoms with Gasteiger partial charge in [-0.1, -0.05) is 0 Å². The van der Waals surface area contributed by atoms with E-state index in [1.54, 1.807) is 0 Å². The summed E-state index contributed by atoms with van der Waals surface area (Å²) in [5.41, 5.74) is 1.53. The first-order chi connectivity index (χ1) is 12.5. The summed E-state index contributed by atoms with van der Waals surface area (Å²) in [6.07, 6.45) is 8.43. The van der Waals surface area contributed by atoms with Gasteiger partial charge in [-0.15, -0.1) is 0 Å². The minimum Gasteiger partial charge on any atom is -0.338 e. The lowest BCUT2D eigenvalue weighted by molar-refractivity contribution is 0.0707. The van der Waals surface area contributed by atoms with Crippen LogP contribution in [-0.4, -0.2) is 38.4 Å². The van der Waals surface area contributed by atoms with Gasteiger partial charge in [0.05, 0.1) is 0 Å². The zero-order valence-corrected chi connectivity index (χ0v) is 15.5. The Balaban J connectivity index is 1.44. The van der Waals surface area contributed by atoms with Gasteiger partial charge in [0.1, 0.15) is 11.4 Å². The third-order valence-electron chi connectivity index (χ3n) is 5.63. The molecule has 26 heavy (non-hydrogen) atoms. The number of amides is 1. The fourth-order valence-electron chi connectivity index (χ4n) is 4.03. The number of hydrogen-bond donors (Lipinski definition) is 1. The van der Waals surface area contributed by atoms with Crippen molar-refractivity contribution in [1.82, 2.24) is 19.4 Å². The fourth-order valence-corrected chi connectivity index (χ4v) is 4.03. The molecular formula is C20H26N4O2. The smallest absolute Gasteiger partial charge is 0.261 e. The molecule has 1 aliphatic heterocycles. The third kappa shape index (κ3) is 3.32. The number of rotatable bonds is 4. The second-order valence-corrected chi connectivity index (χ2v) is 7.79. The van der Waals surface area contributed by atoms with E-state index in [9.17, 15) is 9.59 Å². The summed E-state index contributed by atoms with van der Waals surface area (Å²) in [6, 6.07) is 1.86. The summed E-state index contributed by atoms with van der Waals surface area (Å²) in [7, 11) is 0. The van der Waals surface area contributed by atoms with Crippen LogP contribution < -0.4 is 5.56 Å². The Kier molecular flexibility index (Phi) is 4.42. The topological polar surface area (TPSA) is 71.0 Å². The molecule has 6 heteroatoms. The molecule has 0 atom stereocenters. The van der Waals surface area contributed by atoms with Crippen LogP contribution in [0.3, 0.4) is 0 Å². The largest absolute Gasteiger partial charge is 0.338 e. The van der Waals surface area contributed by atoms with Crippen molar-refractivity contribution in [3.05, 3.63) is 51.5 Å². The van der Waals surface area contributed by atoms with E-state index < -0.39 is 0 Å². The lowest BCUT2D eigenvalue weighted by Gasteiger charge is -2.32. The third-order valence-corrected chi connectivity index (χ3v) is 5.63. The van der Waals surface area contributed by atoms with Gasteiger partial charge in [0.15, 0.2) is 0 Å². The van der Waals surface area contributed by atoms with Crippen LogP contribution in [0.25, 0.3) is 0 Å². The second kappa shape index (κ2) is 6.74. The molecule has 0 bridgehead atoms. The lowest BCUT2D eigenvalue weighted by atomic mass is 9.95. The number of hydrogen-bond acceptors (Lipinski definition) is 3. The van der Waals surface area contributed by atoms with E-state index in [1.807, 2.05) is 31.0 Å². The second-order valence-electron chi connectivity index (χ2n) is 7.79. The highest BCUT2D eigenvalue weighted by molar-refractivity contribution is 5.95. The number of pyridine rings is 1. The molecule has 2 aromatic rings. The highest BCUT2D eigenvalue weighted by atomic mass is 16.2. The normalized spacial score (nSPS) is 18.3. The van der Waals surface area contributed by atoms with Gasteiger partial charge in [0, 0.05) is 43.6 Å². The Morgan fingerprint density at radius 1 is 1.23 bits per heavy atom. The van der Waals surface area contributed by atoms with Crippen molar-refractivity contribution in [3.8, 4) is 0 Å². The SMILES string of the molecule is Cc1cc(C)c(C(=O)N2CCC(c3nccn3CC3CC3)CC2)c(=O)[nH]1. The minimum absolute atomic E-state index is 0.150. The van der Waals surface area contributed by atoms with E-state index in [0.29, 0.717) is 19.0 Å². The van der Waals surface area contributed by atoms with E-state index in [0.717, 1.165) is 42.4 Å². The number of nitrogens with zero attached hydrogens (tertiary/aromatic N) is 3. The molecular weight excluding hydrogens is 328 g/mol. The van der Waals surface area contributed by atoms with Gasteiger partial charge in [-0.2, -0.15) is 0 Å². The summed E-state index contributed by atoms with van der Waals surface area (Å²) in [5.74, 6) is 2.22. The molecule has 0 unspecified atom stereocenters. The molecule has 6 nitrogen and oxygen atoms in total. The Labute approximate surface area is 153 Å². The fraction of sp³-hybridized carbons (Fsp3) is 0.550. The first-order valence-corrected chi connectivity index (χ1v) is 9.53. The minimum atomic E-state index is -0.283. The van der Waals surface area contributed by atoms with Crippen molar-refractivity contribution in [2.24, 2.45) is 5.92 Å². The van der Waals surface area contributed by atoms with Crippen LogP contribution in [0.5, 0.6) is 0 Å². The molecule has 1 aliphatic carbocycles. The number of carbonyl (C=O) groups is 1. The molecule has 2 fully saturated rings. The maximum atomic E-state index is 12.9. The van der Waals surface area contributed by atoms with Gasteiger partial charge in [-0.05, 0) is 57.1 Å². The van der Waals surface area contributed by atoms with Crippen LogP contribution in [0, 0.1) is 19.8 Å². The Morgan fingerprint density at radius 3 is 2.62 bits per heavy atom. The average Bonchev–Trinajstić information content (AvgIpc) is 3.29. The number of H-pyrrole nitrogens is 1. The Hall–Kier alpha value is -2.37. The van der Waals surface area contributed by atoms with Crippen LogP contribution in [0.2, 0.25) is 0 Å². The van der Waals surface area contributed by atoms with E-state index in [2.05, 4.69) is 20.7 Å². The van der Waals surface area contributed by atoms with Crippen molar-refractivity contribution in [2.75, 3.05) is 13.1 Å². The van der Waals surface area contributed by atoms with E-state index in [1.165, 1.54) is 12.8 Å². The van der Waals surface area contributed by atoms with Crippen LogP contribution in [0.4, 0.5) is 0 Å². The number of nitrogens with one attached hydrogen (secondary N) is 1. The number of imidazole rings is 1. The molecule has 4 rings (SSSR count). The van der Waals surface area contributed by atoms with E-state index in [-0.39, 0.29) is 17.0 Å². The maximum absolute atomic E-state index is 12.9. The quantitative estimate of drug-likeness (QED) is 0.917. The van der Waals surface area contributed by atoms with E-state index >= 15 is 0 Å². The summed E-state index contributed by atoms with van der Waals surface area (Å²) >= 11 is 0. The highest BCUT2D eigenvalue weighted by Crippen LogP contribution is 2.33. The number of likely N-dealkylation sites (tertiary alicyclic amines) is 1. The average molecular weight is 354 g/mol. The Morgan fingerprint density at radius 2 is 1.96 bits per heavy atom. The van der Waals surface area contributed by atoms with Crippen molar-refractivity contribution in [1.29, 1.82) is 0 Å². The predicted octanol–water partition coefficient (Wildman–Crippen LogP) is 2.62. The first kappa shape index (κ1) is 17.1. The van der Waals surface area contributed by atoms with Gasteiger partial charge in [0.25, 0.3) is 11.5 Å². The lowest BCUT2D eigenvalue weighted by Crippen LogP contribution is -2.41. The van der Waals surface area contributed by atoms with Gasteiger partial charge in [-0.3, -0.25) is 9.59 Å². The number of aromatic amines is 1. The molecule has 1 saturated heterocycles. The van der Waals surface area contributed by atoms with Gasteiger partial charge >= 0.3 is 0 Å². The van der Waals surface area contributed by atoms with Gasteiger partial charge < -0.3 is 14.5 Å². The van der Waals surface area contributed by atoms with E-state index in [4.69, 9.17) is 0 Å². The number of piperidine rings is 1. The van der Waals surface area contributed by atoms with Crippen molar-refractivity contribution in [2.45, 2.75) is 52.0 Å². The van der Waals surface area contributed by atoms with Crippen molar-refractivity contribution >= 4 is 5.91 Å². The molecule has 0 radical (unpaired) electrons. The van der Waals surface area contributed by atoms with Crippen molar-refractivity contribution in [3.63, 3.8) is 0 Å². The molecule has 0 aromatic carbocycles. The molecule has 138 valence electrons. The number of carbonyl (C=O) groups excluding carboxylic acids is 1. The maximum Gasteiger partial charge on any atom is 0.261 e. The standard InChI is InChI=1S/C20H26N4O2/c1-13-11-14(2)22-19(25)17(13)20(26)23-8-5-16(6-9-23)18-21-7-10-24(18)12-15-3-4-15/h7,10-11,15-16H,3-6,8-9,12H2,1-2H3,(H,22,25). The molecule has 2 aliphatic rings. The summed E-state index contributed by atoms with van der Waals surface area (Å²) in [4.78, 5) is 34.2. The molecule has 1 saturated carbocycles. The van der Waals surface area contributed by atoms with Gasteiger partial charge in [-0.25, -0.2) is 4.98 Å². The predicted molar refractivity (Wildman–Crippen MR) is 99.4 cm³/mol. The number of aryl methyl sites for hydroxylation is 2. The zero-order chi connectivity index (χ0) is 18.3. The summed E-state index contributed by atoms with van der Waals surface area (Å²) < 4.78 is 2.30. The van der Waals surface area contributed by atoms with Crippen LogP contribution in [0.15, 0.2) is 23.3 Å². The summed E-state index contributed by atoms with van der Waals surface area (Å²) in [5, 5.41) is 0. The Bertz CT molecular complexity index is 870.